The SMILES string of the molecule is CCC/C=C\N1C=CC(C)(C(C)C)C=C/C1=N/C. The van der Waals surface area contributed by atoms with Gasteiger partial charge in [0.25, 0.3) is 0 Å². The van der Waals surface area contributed by atoms with E-state index in [1.165, 1.54) is 6.42 Å². The summed E-state index contributed by atoms with van der Waals surface area (Å²) in [4.78, 5) is 6.44. The minimum absolute atomic E-state index is 0.100. The molecule has 1 heterocycles. The Labute approximate surface area is 112 Å². The molecule has 1 atom stereocenters. The fraction of sp³-hybridized carbons (Fsp3) is 0.562. The number of rotatable bonds is 4. The van der Waals surface area contributed by atoms with E-state index >= 15 is 0 Å². The Hall–Kier alpha value is -1.31. The minimum Gasteiger partial charge on any atom is -0.310 e. The second-order valence-corrected chi connectivity index (χ2v) is 5.33. The lowest BCUT2D eigenvalue weighted by Gasteiger charge is -2.25. The second-order valence-electron chi connectivity index (χ2n) is 5.33. The molecule has 2 heteroatoms. The smallest absolute Gasteiger partial charge is 0.131 e. The van der Waals surface area contributed by atoms with Crippen molar-refractivity contribution in [2.24, 2.45) is 16.3 Å². The minimum atomic E-state index is 0.100. The molecule has 0 spiro atoms. The van der Waals surface area contributed by atoms with Crippen molar-refractivity contribution in [2.75, 3.05) is 7.05 Å². The van der Waals surface area contributed by atoms with Gasteiger partial charge in [-0.15, -0.1) is 0 Å². The lowest BCUT2D eigenvalue weighted by molar-refractivity contribution is 0.382. The number of nitrogens with zero attached hydrogens (tertiary/aromatic N) is 2. The van der Waals surface area contributed by atoms with Gasteiger partial charge in [0.1, 0.15) is 5.84 Å². The first-order valence-corrected chi connectivity index (χ1v) is 6.84. The van der Waals surface area contributed by atoms with Crippen LogP contribution in [0.3, 0.4) is 0 Å². The molecule has 0 saturated heterocycles. The summed E-state index contributed by atoms with van der Waals surface area (Å²) in [5, 5.41) is 0. The molecule has 0 saturated carbocycles. The maximum atomic E-state index is 4.35. The first-order valence-electron chi connectivity index (χ1n) is 6.84. The van der Waals surface area contributed by atoms with E-state index in [9.17, 15) is 0 Å². The molecule has 0 aromatic carbocycles. The molecule has 0 aromatic rings. The van der Waals surface area contributed by atoms with Crippen LogP contribution >= 0.6 is 0 Å². The van der Waals surface area contributed by atoms with Crippen LogP contribution in [0.15, 0.2) is 41.7 Å². The van der Waals surface area contributed by atoms with E-state index in [1.807, 2.05) is 7.05 Å². The predicted molar refractivity (Wildman–Crippen MR) is 80.5 cm³/mol. The fourth-order valence-corrected chi connectivity index (χ4v) is 1.77. The van der Waals surface area contributed by atoms with E-state index in [-0.39, 0.29) is 5.41 Å². The lowest BCUT2D eigenvalue weighted by Crippen LogP contribution is -2.17. The first-order chi connectivity index (χ1) is 8.53. The highest BCUT2D eigenvalue weighted by atomic mass is 15.1. The monoisotopic (exact) mass is 246 g/mol. The van der Waals surface area contributed by atoms with Crippen LogP contribution in [0.5, 0.6) is 0 Å². The number of unbranched alkanes of at least 4 members (excludes halogenated alkanes) is 1. The molecule has 100 valence electrons. The molecule has 1 unspecified atom stereocenters. The van der Waals surface area contributed by atoms with Crippen molar-refractivity contribution in [3.63, 3.8) is 0 Å². The van der Waals surface area contributed by atoms with E-state index in [1.54, 1.807) is 0 Å². The van der Waals surface area contributed by atoms with Crippen LogP contribution in [0.2, 0.25) is 0 Å². The summed E-state index contributed by atoms with van der Waals surface area (Å²) < 4.78 is 0. The summed E-state index contributed by atoms with van der Waals surface area (Å²) >= 11 is 0. The zero-order valence-electron chi connectivity index (χ0n) is 12.4. The van der Waals surface area contributed by atoms with E-state index in [0.717, 1.165) is 12.3 Å². The summed E-state index contributed by atoms with van der Waals surface area (Å²) in [5.41, 5.74) is 0.100. The number of hydrogen-bond donors (Lipinski definition) is 0. The third-order valence-corrected chi connectivity index (χ3v) is 3.64. The van der Waals surface area contributed by atoms with Gasteiger partial charge in [0.15, 0.2) is 0 Å². The molecular weight excluding hydrogens is 220 g/mol. The van der Waals surface area contributed by atoms with Crippen LogP contribution < -0.4 is 0 Å². The van der Waals surface area contributed by atoms with Crippen LogP contribution in [0.25, 0.3) is 0 Å². The summed E-state index contributed by atoms with van der Waals surface area (Å²) in [7, 11) is 1.84. The Morgan fingerprint density at radius 1 is 1.39 bits per heavy atom. The summed E-state index contributed by atoms with van der Waals surface area (Å²) in [5.74, 6) is 1.56. The first kappa shape index (κ1) is 14.7. The van der Waals surface area contributed by atoms with E-state index in [0.29, 0.717) is 5.92 Å². The zero-order valence-corrected chi connectivity index (χ0v) is 12.4. The highest BCUT2D eigenvalue weighted by molar-refractivity contribution is 5.94. The van der Waals surface area contributed by atoms with Crippen molar-refractivity contribution < 1.29 is 0 Å². The van der Waals surface area contributed by atoms with E-state index in [2.05, 4.69) is 74.3 Å². The second kappa shape index (κ2) is 6.58. The Kier molecular flexibility index (Phi) is 5.39. The van der Waals surface area contributed by atoms with Gasteiger partial charge in [-0.1, -0.05) is 52.3 Å². The molecule has 0 N–H and O–H groups in total. The molecule has 0 radical (unpaired) electrons. The van der Waals surface area contributed by atoms with Crippen LogP contribution in [-0.2, 0) is 0 Å². The predicted octanol–water partition coefficient (Wildman–Crippen LogP) is 4.38. The molecule has 1 aliphatic heterocycles. The van der Waals surface area contributed by atoms with Crippen LogP contribution in [-0.4, -0.2) is 17.8 Å². The molecule has 0 fully saturated rings. The number of hydrogen-bond acceptors (Lipinski definition) is 1. The van der Waals surface area contributed by atoms with Crippen LogP contribution in [0, 0.1) is 11.3 Å². The van der Waals surface area contributed by atoms with Gasteiger partial charge in [-0.05, 0) is 18.4 Å². The molecule has 1 rings (SSSR count). The topological polar surface area (TPSA) is 15.6 Å². The molecule has 0 amide bonds. The van der Waals surface area contributed by atoms with Crippen molar-refractivity contribution in [1.82, 2.24) is 4.90 Å². The molecule has 0 aliphatic carbocycles. The van der Waals surface area contributed by atoms with Gasteiger partial charge >= 0.3 is 0 Å². The summed E-state index contributed by atoms with van der Waals surface area (Å²) in [6.45, 7) is 8.95. The van der Waals surface area contributed by atoms with Gasteiger partial charge in [-0.2, -0.15) is 0 Å². The van der Waals surface area contributed by atoms with Gasteiger partial charge in [0.2, 0.25) is 0 Å². The van der Waals surface area contributed by atoms with Crippen molar-refractivity contribution in [1.29, 1.82) is 0 Å². The average molecular weight is 246 g/mol. The van der Waals surface area contributed by atoms with Gasteiger partial charge in [0, 0.05) is 24.9 Å². The lowest BCUT2D eigenvalue weighted by atomic mass is 9.79. The van der Waals surface area contributed by atoms with Gasteiger partial charge < -0.3 is 4.90 Å². The summed E-state index contributed by atoms with van der Waals surface area (Å²) in [6.07, 6.45) is 15.4. The van der Waals surface area contributed by atoms with Crippen LogP contribution in [0.1, 0.15) is 40.5 Å². The van der Waals surface area contributed by atoms with Crippen molar-refractivity contribution in [3.05, 3.63) is 36.7 Å². The number of aliphatic imine (C=N–C) groups is 1. The molecule has 18 heavy (non-hydrogen) atoms. The van der Waals surface area contributed by atoms with Gasteiger partial charge in [-0.3, -0.25) is 4.99 Å². The zero-order chi connectivity index (χ0) is 13.6. The average Bonchev–Trinajstić information content (AvgIpc) is 2.51. The quantitative estimate of drug-likeness (QED) is 0.719. The molecular formula is C16H26N2. The standard InChI is InChI=1S/C16H26N2/c1-6-7-8-12-18-13-11-16(4,14(2)3)10-9-15(18)17-5/h8-14H,6-7H2,1-5H3/b12-8-,17-15-. The normalized spacial score (nSPS) is 26.6. The molecule has 0 aromatic heterocycles. The van der Waals surface area contributed by atoms with Crippen molar-refractivity contribution in [2.45, 2.75) is 40.5 Å². The Bertz CT molecular complexity index is 375. The maximum Gasteiger partial charge on any atom is 0.131 e. The Morgan fingerprint density at radius 3 is 2.67 bits per heavy atom. The summed E-state index contributed by atoms with van der Waals surface area (Å²) in [6, 6.07) is 0. The van der Waals surface area contributed by atoms with E-state index < -0.39 is 0 Å². The fourth-order valence-electron chi connectivity index (χ4n) is 1.77. The van der Waals surface area contributed by atoms with Gasteiger partial charge in [-0.25, -0.2) is 0 Å². The number of allylic oxidation sites excluding steroid dienone is 3. The molecule has 2 nitrogen and oxygen atoms in total. The highest BCUT2D eigenvalue weighted by Gasteiger charge is 2.24. The largest absolute Gasteiger partial charge is 0.310 e. The van der Waals surface area contributed by atoms with Gasteiger partial charge in [0.05, 0.1) is 0 Å². The maximum absolute atomic E-state index is 4.35. The van der Waals surface area contributed by atoms with E-state index in [4.69, 9.17) is 0 Å². The molecule has 0 bridgehead atoms. The third-order valence-electron chi connectivity index (χ3n) is 3.64. The van der Waals surface area contributed by atoms with Crippen LogP contribution in [0.4, 0.5) is 0 Å². The molecule has 1 aliphatic rings. The highest BCUT2D eigenvalue weighted by Crippen LogP contribution is 2.32. The Balaban J connectivity index is 2.97. The van der Waals surface area contributed by atoms with Crippen molar-refractivity contribution in [3.8, 4) is 0 Å². The number of amidine groups is 1. The van der Waals surface area contributed by atoms with Crippen molar-refractivity contribution >= 4 is 5.84 Å². The third kappa shape index (κ3) is 3.59. The Morgan fingerprint density at radius 2 is 2.11 bits per heavy atom.